The van der Waals surface area contributed by atoms with Crippen molar-refractivity contribution in [3.8, 4) is 11.5 Å². The van der Waals surface area contributed by atoms with Crippen LogP contribution in [0.3, 0.4) is 0 Å². The van der Waals surface area contributed by atoms with Gasteiger partial charge in [-0.15, -0.1) is 0 Å². The van der Waals surface area contributed by atoms with Crippen LogP contribution >= 0.6 is 23.2 Å². The molecular weight excluding hydrogens is 353 g/mol. The number of methoxy groups -OCH3 is 2. The lowest BCUT2D eigenvalue weighted by molar-refractivity contribution is 0.136. The molecule has 0 bridgehead atoms. The number of hydrogen-bond acceptors (Lipinski definition) is 4. The van der Waals surface area contributed by atoms with Crippen LogP contribution < -0.4 is 14.8 Å². The summed E-state index contributed by atoms with van der Waals surface area (Å²) in [5, 5.41) is 2.96. The third-order valence-electron chi connectivity index (χ3n) is 3.79. The van der Waals surface area contributed by atoms with Crippen molar-refractivity contribution in [2.75, 3.05) is 26.1 Å². The topological polar surface area (TPSA) is 56.8 Å². The Balaban J connectivity index is 2.79. The van der Waals surface area contributed by atoms with E-state index in [0.29, 0.717) is 24.0 Å². The fourth-order valence-corrected chi connectivity index (χ4v) is 2.82. The largest absolute Gasteiger partial charge is 0.495 e. The summed E-state index contributed by atoms with van der Waals surface area (Å²) in [5.41, 5.74) is 0.209. The fraction of sp³-hybridized carbons (Fsp3) is 0.588. The van der Waals surface area contributed by atoms with Crippen LogP contribution in [0, 0.1) is 5.92 Å². The van der Waals surface area contributed by atoms with Crippen molar-refractivity contribution < 1.29 is 19.0 Å². The van der Waals surface area contributed by atoms with E-state index in [0.717, 1.165) is 25.7 Å². The van der Waals surface area contributed by atoms with E-state index in [1.807, 2.05) is 0 Å². The van der Waals surface area contributed by atoms with Crippen molar-refractivity contribution in [1.29, 1.82) is 0 Å². The zero-order valence-corrected chi connectivity index (χ0v) is 16.1. The molecule has 1 amide bonds. The molecule has 0 aliphatic carbocycles. The maximum absolute atomic E-state index is 12.1. The van der Waals surface area contributed by atoms with Gasteiger partial charge in [-0.1, -0.05) is 56.3 Å². The Morgan fingerprint density at radius 2 is 1.75 bits per heavy atom. The molecule has 1 atom stereocenters. The first kappa shape index (κ1) is 20.7. The fourth-order valence-electron chi connectivity index (χ4n) is 2.23. The number of unbranched alkanes of at least 4 members (excludes halogenated alkanes) is 1. The highest BCUT2D eigenvalue weighted by Gasteiger charge is 2.20. The maximum atomic E-state index is 12.1. The molecule has 0 radical (unpaired) electrons. The highest BCUT2D eigenvalue weighted by Crippen LogP contribution is 2.44. The Morgan fingerprint density at radius 1 is 1.17 bits per heavy atom. The minimum Gasteiger partial charge on any atom is -0.495 e. The van der Waals surface area contributed by atoms with Gasteiger partial charge in [0.15, 0.2) is 0 Å². The van der Waals surface area contributed by atoms with E-state index in [2.05, 4.69) is 19.2 Å². The Hall–Kier alpha value is -1.33. The van der Waals surface area contributed by atoms with Gasteiger partial charge >= 0.3 is 6.09 Å². The van der Waals surface area contributed by atoms with Crippen molar-refractivity contribution in [3.05, 3.63) is 16.1 Å². The zero-order chi connectivity index (χ0) is 18.1. The Bertz CT molecular complexity index is 524. The zero-order valence-electron chi connectivity index (χ0n) is 14.6. The van der Waals surface area contributed by atoms with Gasteiger partial charge in [0.25, 0.3) is 0 Å². The number of rotatable bonds is 9. The van der Waals surface area contributed by atoms with Crippen LogP contribution in [0.2, 0.25) is 10.0 Å². The summed E-state index contributed by atoms with van der Waals surface area (Å²) in [6, 6.07) is 1.55. The number of amides is 1. The van der Waals surface area contributed by atoms with E-state index < -0.39 is 6.09 Å². The molecule has 0 aliphatic heterocycles. The summed E-state index contributed by atoms with van der Waals surface area (Å²) in [6.45, 7) is 4.58. The van der Waals surface area contributed by atoms with Gasteiger partial charge in [-0.05, 0) is 12.3 Å². The second kappa shape index (κ2) is 10.5. The molecule has 1 aromatic carbocycles. The van der Waals surface area contributed by atoms with Crippen LogP contribution in [-0.4, -0.2) is 26.9 Å². The quantitative estimate of drug-likeness (QED) is 0.592. The van der Waals surface area contributed by atoms with Crippen molar-refractivity contribution in [3.63, 3.8) is 0 Å². The van der Waals surface area contributed by atoms with E-state index in [4.69, 9.17) is 37.4 Å². The summed E-state index contributed by atoms with van der Waals surface area (Å²) >= 11 is 12.4. The molecule has 0 spiro atoms. The first-order valence-corrected chi connectivity index (χ1v) is 8.77. The van der Waals surface area contributed by atoms with Gasteiger partial charge in [0, 0.05) is 6.07 Å². The number of hydrogen-bond donors (Lipinski definition) is 1. The Labute approximate surface area is 153 Å². The third kappa shape index (κ3) is 5.64. The molecule has 0 fully saturated rings. The van der Waals surface area contributed by atoms with E-state index in [1.54, 1.807) is 6.07 Å². The van der Waals surface area contributed by atoms with Gasteiger partial charge < -0.3 is 14.2 Å². The number of ether oxygens (including phenoxy) is 3. The van der Waals surface area contributed by atoms with Crippen LogP contribution in [0.15, 0.2) is 6.07 Å². The molecule has 24 heavy (non-hydrogen) atoms. The highest BCUT2D eigenvalue weighted by atomic mass is 35.5. The average molecular weight is 378 g/mol. The number of carbonyl (C=O) groups is 1. The smallest absolute Gasteiger partial charge is 0.411 e. The Kier molecular flexibility index (Phi) is 9.08. The molecule has 1 aromatic rings. The molecule has 136 valence electrons. The normalized spacial score (nSPS) is 11.8. The molecule has 0 heterocycles. The Morgan fingerprint density at radius 3 is 2.21 bits per heavy atom. The summed E-state index contributed by atoms with van der Waals surface area (Å²) in [6.07, 6.45) is 3.63. The molecule has 1 N–H and O–H groups in total. The van der Waals surface area contributed by atoms with E-state index in [1.165, 1.54) is 14.2 Å². The second-order valence-corrected chi connectivity index (χ2v) is 6.18. The lowest BCUT2D eigenvalue weighted by atomic mass is 10.0. The molecule has 7 heteroatoms. The molecule has 0 aliphatic rings. The van der Waals surface area contributed by atoms with Gasteiger partial charge in [-0.3, -0.25) is 5.32 Å². The number of carbonyl (C=O) groups excluding carboxylic acids is 1. The average Bonchev–Trinajstić information content (AvgIpc) is 2.59. The molecule has 0 saturated carbocycles. The highest BCUT2D eigenvalue weighted by molar-refractivity contribution is 6.41. The number of nitrogens with one attached hydrogen (secondary N) is 1. The summed E-state index contributed by atoms with van der Waals surface area (Å²) in [4.78, 5) is 12.1. The van der Waals surface area contributed by atoms with E-state index in [9.17, 15) is 4.79 Å². The summed E-state index contributed by atoms with van der Waals surface area (Å²) in [7, 11) is 2.94. The van der Waals surface area contributed by atoms with Gasteiger partial charge in [0.05, 0.1) is 26.5 Å². The van der Waals surface area contributed by atoms with Crippen LogP contribution in [0.25, 0.3) is 0 Å². The number of halogens is 2. The van der Waals surface area contributed by atoms with Crippen LogP contribution in [-0.2, 0) is 4.74 Å². The molecule has 5 nitrogen and oxygen atoms in total. The minimum atomic E-state index is -0.607. The first-order valence-electron chi connectivity index (χ1n) is 8.02. The number of benzene rings is 1. The van der Waals surface area contributed by atoms with Crippen molar-refractivity contribution in [2.24, 2.45) is 5.92 Å². The third-order valence-corrected chi connectivity index (χ3v) is 4.54. The van der Waals surface area contributed by atoms with Crippen molar-refractivity contribution in [2.45, 2.75) is 39.5 Å². The minimum absolute atomic E-state index is 0.193. The van der Waals surface area contributed by atoms with Crippen molar-refractivity contribution in [1.82, 2.24) is 0 Å². The predicted molar refractivity (Wildman–Crippen MR) is 97.8 cm³/mol. The standard InChI is InChI=1S/C17H25Cl2NO4/c1-5-7-8-11(6-2)10-24-17(21)20-16-14(18)12(22-3)9-13(23-4)15(16)19/h9,11H,5-8,10H2,1-4H3,(H,20,21). The van der Waals surface area contributed by atoms with Gasteiger partial charge in [0.1, 0.15) is 21.5 Å². The SMILES string of the molecule is CCCCC(CC)COC(=O)Nc1c(Cl)c(OC)cc(OC)c1Cl. The van der Waals surface area contributed by atoms with Gasteiger partial charge in [-0.25, -0.2) is 4.79 Å². The first-order chi connectivity index (χ1) is 11.5. The molecule has 1 unspecified atom stereocenters. The molecule has 1 rings (SSSR count). The maximum Gasteiger partial charge on any atom is 0.411 e. The molecular formula is C17H25Cl2NO4. The van der Waals surface area contributed by atoms with Gasteiger partial charge in [-0.2, -0.15) is 0 Å². The second-order valence-electron chi connectivity index (χ2n) is 5.42. The lowest BCUT2D eigenvalue weighted by Gasteiger charge is -2.17. The van der Waals surface area contributed by atoms with Crippen LogP contribution in [0.4, 0.5) is 10.5 Å². The van der Waals surface area contributed by atoms with Crippen molar-refractivity contribution >= 4 is 35.0 Å². The predicted octanol–water partition coefficient (Wildman–Crippen LogP) is 5.78. The van der Waals surface area contributed by atoms with Crippen LogP contribution in [0.5, 0.6) is 11.5 Å². The summed E-state index contributed by atoms with van der Waals surface area (Å²) < 4.78 is 15.6. The number of anilines is 1. The molecule has 0 saturated heterocycles. The summed E-state index contributed by atoms with van der Waals surface area (Å²) in [5.74, 6) is 1.05. The van der Waals surface area contributed by atoms with Crippen LogP contribution in [0.1, 0.15) is 39.5 Å². The van der Waals surface area contributed by atoms with Gasteiger partial charge in [0.2, 0.25) is 0 Å². The van der Waals surface area contributed by atoms with E-state index >= 15 is 0 Å². The monoisotopic (exact) mass is 377 g/mol. The lowest BCUT2D eigenvalue weighted by Crippen LogP contribution is -2.19. The molecule has 0 aromatic heterocycles. The van der Waals surface area contributed by atoms with E-state index in [-0.39, 0.29) is 15.7 Å².